The van der Waals surface area contributed by atoms with E-state index in [1.165, 1.54) is 24.1 Å². The third kappa shape index (κ3) is 2.51. The van der Waals surface area contributed by atoms with Gasteiger partial charge < -0.3 is 10.2 Å². The Labute approximate surface area is 146 Å². The topological polar surface area (TPSA) is 32.3 Å². The maximum Gasteiger partial charge on any atom is 0.318 e. The van der Waals surface area contributed by atoms with Crippen LogP contribution in [0, 0.1) is 17.7 Å². The minimum atomic E-state index is -0.252. The molecule has 2 saturated carbocycles. The van der Waals surface area contributed by atoms with E-state index in [1.54, 1.807) is 12.1 Å². The summed E-state index contributed by atoms with van der Waals surface area (Å²) in [5.74, 6) is 1.32. The van der Waals surface area contributed by atoms with Gasteiger partial charge in [0.1, 0.15) is 5.82 Å². The first-order valence-corrected chi connectivity index (χ1v) is 9.11. The number of amides is 2. The molecule has 1 aliphatic heterocycles. The Bertz CT molecular complexity index is 819. The largest absolute Gasteiger partial charge is 0.335 e. The summed E-state index contributed by atoms with van der Waals surface area (Å²) in [6.45, 7) is 0.686. The second-order valence-electron chi connectivity index (χ2n) is 7.55. The van der Waals surface area contributed by atoms with Crippen molar-refractivity contribution >= 4 is 6.03 Å². The smallest absolute Gasteiger partial charge is 0.318 e. The summed E-state index contributed by atoms with van der Waals surface area (Å²) in [6.07, 6.45) is 3.26. The normalized spacial score (nSPS) is 29.2. The fourth-order valence-corrected chi connectivity index (χ4v) is 4.54. The van der Waals surface area contributed by atoms with Gasteiger partial charge in [0.2, 0.25) is 0 Å². The highest BCUT2D eigenvalue weighted by atomic mass is 19.1. The Morgan fingerprint density at radius 3 is 2.60 bits per heavy atom. The molecule has 2 amide bonds. The summed E-state index contributed by atoms with van der Waals surface area (Å²) < 4.78 is 13.4. The lowest BCUT2D eigenvalue weighted by atomic mass is 9.88. The number of fused-ring (bicyclic) bond motifs is 2. The lowest BCUT2D eigenvalue weighted by molar-refractivity contribution is 0.168. The molecular formula is C21H21FN2O. The van der Waals surface area contributed by atoms with Gasteiger partial charge in [0.15, 0.2) is 0 Å². The average molecular weight is 336 g/mol. The van der Waals surface area contributed by atoms with Gasteiger partial charge in [-0.2, -0.15) is 0 Å². The predicted octanol–water partition coefficient (Wildman–Crippen LogP) is 3.89. The van der Waals surface area contributed by atoms with Crippen molar-refractivity contribution in [2.45, 2.75) is 31.3 Å². The molecule has 2 aromatic carbocycles. The zero-order valence-corrected chi connectivity index (χ0v) is 14.0. The van der Waals surface area contributed by atoms with Crippen LogP contribution in [0.1, 0.15) is 35.6 Å². The van der Waals surface area contributed by atoms with Crippen molar-refractivity contribution in [1.82, 2.24) is 10.2 Å². The number of hydrogen-bond donors (Lipinski definition) is 1. The molecule has 2 fully saturated rings. The number of nitrogens with one attached hydrogen (secondary N) is 1. The number of hydrogen-bond acceptors (Lipinski definition) is 1. The van der Waals surface area contributed by atoms with Crippen molar-refractivity contribution in [3.8, 4) is 0 Å². The van der Waals surface area contributed by atoms with E-state index >= 15 is 0 Å². The number of nitrogens with zero attached hydrogens (tertiary/aromatic N) is 1. The molecule has 3 nitrogen and oxygen atoms in total. The number of carbonyl (C=O) groups excluding carboxylic acids is 1. The van der Waals surface area contributed by atoms with Crippen molar-refractivity contribution in [3.05, 3.63) is 71.0 Å². The van der Waals surface area contributed by atoms with Crippen LogP contribution in [0.5, 0.6) is 0 Å². The molecule has 128 valence electrons. The van der Waals surface area contributed by atoms with Crippen LogP contribution in [0.25, 0.3) is 0 Å². The fourth-order valence-electron chi connectivity index (χ4n) is 4.54. The molecule has 0 saturated heterocycles. The monoisotopic (exact) mass is 336 g/mol. The third-order valence-electron chi connectivity index (χ3n) is 6.09. The van der Waals surface area contributed by atoms with Crippen molar-refractivity contribution in [2.75, 3.05) is 6.54 Å². The molecule has 0 radical (unpaired) electrons. The van der Waals surface area contributed by atoms with Crippen molar-refractivity contribution in [3.63, 3.8) is 0 Å². The highest BCUT2D eigenvalue weighted by molar-refractivity contribution is 5.76. The summed E-state index contributed by atoms with van der Waals surface area (Å²) in [5, 5.41) is 3.23. The zero-order valence-electron chi connectivity index (χ0n) is 14.0. The lowest BCUT2D eigenvalue weighted by Crippen LogP contribution is -2.51. The number of urea groups is 1. The molecule has 1 unspecified atom stereocenters. The van der Waals surface area contributed by atoms with Gasteiger partial charge in [-0.3, -0.25) is 0 Å². The third-order valence-corrected chi connectivity index (χ3v) is 6.09. The van der Waals surface area contributed by atoms with E-state index in [-0.39, 0.29) is 17.9 Å². The van der Waals surface area contributed by atoms with Crippen LogP contribution in [-0.2, 0) is 6.42 Å². The highest BCUT2D eigenvalue weighted by Gasteiger charge is 2.54. The number of benzene rings is 2. The quantitative estimate of drug-likeness (QED) is 0.886. The van der Waals surface area contributed by atoms with Crippen molar-refractivity contribution < 1.29 is 9.18 Å². The second kappa shape index (κ2) is 5.58. The van der Waals surface area contributed by atoms with Gasteiger partial charge in [-0.05, 0) is 59.9 Å². The number of halogens is 1. The van der Waals surface area contributed by atoms with E-state index in [0.29, 0.717) is 18.5 Å². The minimum absolute atomic E-state index is 0.0131. The molecular weight excluding hydrogens is 315 g/mol. The minimum Gasteiger partial charge on any atom is -0.335 e. The van der Waals surface area contributed by atoms with Crippen molar-refractivity contribution in [2.24, 2.45) is 11.8 Å². The van der Waals surface area contributed by atoms with Gasteiger partial charge in [0.05, 0.1) is 6.04 Å². The molecule has 4 atom stereocenters. The first-order valence-electron chi connectivity index (χ1n) is 9.11. The molecule has 5 rings (SSSR count). The van der Waals surface area contributed by atoms with Crippen molar-refractivity contribution in [1.29, 1.82) is 0 Å². The number of carbonyl (C=O) groups is 1. The Balaban J connectivity index is 1.48. The molecule has 3 aliphatic rings. The lowest BCUT2D eigenvalue weighted by Gasteiger charge is -2.39. The fraction of sp³-hybridized carbons (Fsp3) is 0.381. The molecule has 2 aromatic rings. The maximum absolute atomic E-state index is 13.4. The Morgan fingerprint density at radius 1 is 1.08 bits per heavy atom. The Morgan fingerprint density at radius 2 is 1.88 bits per heavy atom. The standard InChI is InChI=1S/C21H21FN2O/c22-16-7-5-14(6-8-16)20-17-4-2-1-3-13(17)9-10-24(20)21(25)23-19-12-15-11-18(15)19/h1-8,15,18-20H,9-12H2,(H,23,25)/t15-,18?,19+,20-/m0/s1. The first kappa shape index (κ1) is 14.9. The van der Waals surface area contributed by atoms with Crippen LogP contribution in [0.3, 0.4) is 0 Å². The molecule has 1 N–H and O–H groups in total. The van der Waals surface area contributed by atoms with E-state index in [2.05, 4.69) is 17.4 Å². The molecule has 0 spiro atoms. The molecule has 1 heterocycles. The van der Waals surface area contributed by atoms with Gasteiger partial charge in [-0.15, -0.1) is 0 Å². The van der Waals surface area contributed by atoms with Crippen LogP contribution >= 0.6 is 0 Å². The Hall–Kier alpha value is -2.36. The van der Waals surface area contributed by atoms with Crippen LogP contribution in [-0.4, -0.2) is 23.5 Å². The summed E-state index contributed by atoms with van der Waals surface area (Å²) in [4.78, 5) is 14.9. The summed E-state index contributed by atoms with van der Waals surface area (Å²) in [5.41, 5.74) is 3.38. The molecule has 25 heavy (non-hydrogen) atoms. The highest BCUT2D eigenvalue weighted by Crippen LogP contribution is 2.55. The average Bonchev–Trinajstić information content (AvgIpc) is 3.30. The van der Waals surface area contributed by atoms with Gasteiger partial charge >= 0.3 is 6.03 Å². The zero-order chi connectivity index (χ0) is 17.0. The molecule has 2 aliphatic carbocycles. The second-order valence-corrected chi connectivity index (χ2v) is 7.55. The molecule has 4 heteroatoms. The predicted molar refractivity (Wildman–Crippen MR) is 93.6 cm³/mol. The van der Waals surface area contributed by atoms with Gasteiger partial charge in [-0.1, -0.05) is 36.4 Å². The van der Waals surface area contributed by atoms with Gasteiger partial charge in [0, 0.05) is 12.6 Å². The first-order chi connectivity index (χ1) is 12.2. The van der Waals surface area contributed by atoms with Gasteiger partial charge in [0.25, 0.3) is 0 Å². The van der Waals surface area contributed by atoms with E-state index < -0.39 is 0 Å². The van der Waals surface area contributed by atoms with Crippen LogP contribution < -0.4 is 5.32 Å². The van der Waals surface area contributed by atoms with Crippen LogP contribution in [0.4, 0.5) is 9.18 Å². The Kier molecular flexibility index (Phi) is 3.34. The van der Waals surface area contributed by atoms with Crippen LogP contribution in [0.15, 0.2) is 48.5 Å². The van der Waals surface area contributed by atoms with E-state index in [4.69, 9.17) is 0 Å². The SMILES string of the molecule is O=C(N[C@@H]1C[C@@H]2CC21)N1CCc2ccccc2[C@@H]1c1ccc(F)cc1. The summed E-state index contributed by atoms with van der Waals surface area (Å²) in [6, 6.07) is 15.0. The number of rotatable bonds is 2. The van der Waals surface area contributed by atoms with E-state index in [0.717, 1.165) is 29.9 Å². The van der Waals surface area contributed by atoms with Gasteiger partial charge in [-0.25, -0.2) is 9.18 Å². The maximum atomic E-state index is 13.4. The van der Waals surface area contributed by atoms with Crippen LogP contribution in [0.2, 0.25) is 0 Å². The summed E-state index contributed by atoms with van der Waals surface area (Å²) in [7, 11) is 0. The van der Waals surface area contributed by atoms with E-state index in [9.17, 15) is 9.18 Å². The van der Waals surface area contributed by atoms with E-state index in [1.807, 2.05) is 17.0 Å². The summed E-state index contributed by atoms with van der Waals surface area (Å²) >= 11 is 0. The molecule has 0 bridgehead atoms. The molecule has 0 aromatic heterocycles.